The second kappa shape index (κ2) is 29.2. The molecule has 0 spiro atoms. The maximum atomic E-state index is 8.68. The van der Waals surface area contributed by atoms with E-state index in [1.165, 1.54) is 13.2 Å². The summed E-state index contributed by atoms with van der Waals surface area (Å²) in [5.74, 6) is 0. The van der Waals surface area contributed by atoms with E-state index in [0.29, 0.717) is 0 Å². The minimum atomic E-state index is 0.120. The van der Waals surface area contributed by atoms with Gasteiger partial charge in [0.2, 0.25) is 0 Å². The Morgan fingerprint density at radius 1 is 0.923 bits per heavy atom. The van der Waals surface area contributed by atoms with Crippen LogP contribution in [0.3, 0.4) is 0 Å². The number of hydrogen-bond acceptors (Lipinski definition) is 1. The van der Waals surface area contributed by atoms with Gasteiger partial charge in [0.05, 0.1) is 0 Å². The van der Waals surface area contributed by atoms with Crippen molar-refractivity contribution in [3.8, 4) is 0 Å². The van der Waals surface area contributed by atoms with Gasteiger partial charge >= 0.3 is 24.8 Å². The van der Waals surface area contributed by atoms with Crippen molar-refractivity contribution in [2.75, 3.05) is 40.0 Å². The SMILES string of the molecule is C[C-]=O.C[PH+](C)C.C[PH+](C)C.[Cl][Ni]. The molecule has 0 bridgehead atoms. The fourth-order valence-electron chi connectivity index (χ4n) is 0. The van der Waals surface area contributed by atoms with E-state index < -0.39 is 0 Å². The van der Waals surface area contributed by atoms with Gasteiger partial charge in [0.15, 0.2) is 0 Å². The molecule has 0 aromatic carbocycles. The van der Waals surface area contributed by atoms with Gasteiger partial charge in [-0.25, -0.2) is 0 Å². The van der Waals surface area contributed by atoms with Gasteiger partial charge in [0.25, 0.3) is 0 Å². The molecule has 5 heteroatoms. The molecule has 0 rings (SSSR count). The van der Waals surface area contributed by atoms with Crippen LogP contribution in [-0.2, 0) is 19.4 Å². The first-order chi connectivity index (χ1) is 5.88. The zero-order valence-corrected chi connectivity index (χ0v) is 13.3. The van der Waals surface area contributed by atoms with Gasteiger partial charge < -0.3 is 4.79 Å². The maximum absolute atomic E-state index is 8.68. The summed E-state index contributed by atoms with van der Waals surface area (Å²) >= 11 is 3.35. The predicted molar refractivity (Wildman–Crippen MR) is 69.4 cm³/mol. The first kappa shape index (κ1) is 23.9. The minimum absolute atomic E-state index is 0.120. The van der Waals surface area contributed by atoms with Crippen LogP contribution in [0.5, 0.6) is 0 Å². The molecule has 1 nitrogen and oxygen atoms in total. The second-order valence-corrected chi connectivity index (χ2v) is 9.20. The van der Waals surface area contributed by atoms with E-state index in [2.05, 4.69) is 64.8 Å². The molecule has 0 aliphatic carbocycles. The van der Waals surface area contributed by atoms with Crippen LogP contribution in [0.4, 0.5) is 0 Å². The molecule has 0 saturated carbocycles. The average Bonchev–Trinajstić information content (AvgIpc) is 1.89. The van der Waals surface area contributed by atoms with Crippen molar-refractivity contribution >= 4 is 32.3 Å². The second-order valence-electron chi connectivity index (χ2n) is 3.20. The normalized spacial score (nSPS) is 7.08. The summed E-state index contributed by atoms with van der Waals surface area (Å²) < 4.78 is 0. The Bertz CT molecular complexity index is 61.7. The fraction of sp³-hybridized carbons (Fsp3) is 0.875. The Labute approximate surface area is 98.5 Å². The van der Waals surface area contributed by atoms with Crippen LogP contribution in [0.25, 0.3) is 0 Å². The van der Waals surface area contributed by atoms with Crippen molar-refractivity contribution < 1.29 is 19.4 Å². The Morgan fingerprint density at radius 3 is 0.923 bits per heavy atom. The van der Waals surface area contributed by atoms with Crippen LogP contribution < -0.4 is 0 Å². The number of halogens is 1. The van der Waals surface area contributed by atoms with Crippen molar-refractivity contribution in [3.63, 3.8) is 0 Å². The molecular formula is C8H23ClNiOP2+. The van der Waals surface area contributed by atoms with Gasteiger partial charge in [-0.05, 0) is 15.8 Å². The third-order valence-electron chi connectivity index (χ3n) is 0. The molecule has 0 heterocycles. The molecule has 0 saturated heterocycles. The summed E-state index contributed by atoms with van der Waals surface area (Å²) in [5, 5.41) is 0. The molecule has 13 heavy (non-hydrogen) atoms. The first-order valence-corrected chi connectivity index (χ1v) is 11.2. The fourth-order valence-corrected chi connectivity index (χ4v) is 0. The molecule has 0 aliphatic rings. The zero-order chi connectivity index (χ0) is 11.9. The van der Waals surface area contributed by atoms with Crippen LogP contribution in [0.1, 0.15) is 6.92 Å². The Hall–Kier alpha value is 1.31. The Kier molecular flexibility index (Phi) is 53.6. The standard InChI is InChI=1S/2C3H9P.C2H3O.ClH.Ni/c2*1-4(2)3;1-2-3;;/h2*1-3H3;1H3;1H;/q;;-1;;+1/p+1. The number of rotatable bonds is 0. The van der Waals surface area contributed by atoms with E-state index in [1.807, 2.05) is 0 Å². The van der Waals surface area contributed by atoms with Crippen molar-refractivity contribution in [2.45, 2.75) is 6.92 Å². The average molecular weight is 291 g/mol. The monoisotopic (exact) mass is 290 g/mol. The molecular weight excluding hydrogens is 268 g/mol. The predicted octanol–water partition coefficient (Wildman–Crippen LogP) is 2.98. The van der Waals surface area contributed by atoms with E-state index in [-0.39, 0.29) is 15.8 Å². The van der Waals surface area contributed by atoms with Gasteiger partial charge in [0, 0.05) is 40.0 Å². The van der Waals surface area contributed by atoms with Crippen LogP contribution in [0.2, 0.25) is 0 Å². The summed E-state index contributed by atoms with van der Waals surface area (Å²) in [7, 11) is 4.50. The molecule has 0 fully saturated rings. The molecule has 0 atom stereocenters. The van der Waals surface area contributed by atoms with E-state index in [9.17, 15) is 0 Å². The Balaban J connectivity index is -0.0000000431. The van der Waals surface area contributed by atoms with Gasteiger partial charge in [-0.2, -0.15) is 6.92 Å². The summed E-state index contributed by atoms with van der Waals surface area (Å²) in [6.45, 7) is 14.9. The topological polar surface area (TPSA) is 17.1 Å². The third-order valence-corrected chi connectivity index (χ3v) is 0. The molecule has 0 aliphatic heterocycles. The van der Waals surface area contributed by atoms with Gasteiger partial charge in [0.1, 0.15) is 0 Å². The summed E-state index contributed by atoms with van der Waals surface area (Å²) in [4.78, 5) is 8.68. The van der Waals surface area contributed by atoms with Crippen LogP contribution >= 0.6 is 26.0 Å². The van der Waals surface area contributed by atoms with Gasteiger partial charge in [-0.1, -0.05) is 0 Å². The molecule has 0 N–H and O–H groups in total. The van der Waals surface area contributed by atoms with Gasteiger partial charge in [-0.15, -0.1) is 0 Å². The summed E-state index contributed by atoms with van der Waals surface area (Å²) in [5.41, 5.74) is 0. The van der Waals surface area contributed by atoms with Crippen molar-refractivity contribution in [3.05, 3.63) is 0 Å². The molecule has 0 amide bonds. The van der Waals surface area contributed by atoms with E-state index >= 15 is 0 Å². The third kappa shape index (κ3) is 988. The first-order valence-electron chi connectivity index (χ1n) is 3.82. The molecule has 87 valence electrons. The van der Waals surface area contributed by atoms with Crippen molar-refractivity contribution in [1.29, 1.82) is 0 Å². The molecule has 0 aromatic heterocycles. The van der Waals surface area contributed by atoms with Crippen LogP contribution in [0, 0.1) is 0 Å². The molecule has 0 aromatic rings. The van der Waals surface area contributed by atoms with E-state index in [0.717, 1.165) is 0 Å². The van der Waals surface area contributed by atoms with Crippen molar-refractivity contribution in [2.24, 2.45) is 0 Å². The summed E-state index contributed by atoms with van der Waals surface area (Å²) in [6.07, 6.45) is 1.50. The summed E-state index contributed by atoms with van der Waals surface area (Å²) in [6, 6.07) is 0. The molecule has 0 unspecified atom stereocenters. The Morgan fingerprint density at radius 2 is 0.923 bits per heavy atom. The van der Waals surface area contributed by atoms with E-state index in [4.69, 9.17) is 4.79 Å². The van der Waals surface area contributed by atoms with E-state index in [1.54, 1.807) is 0 Å². The number of carbonyl (C=O) groups excluding carboxylic acids is 1. The van der Waals surface area contributed by atoms with Gasteiger partial charge in [-0.3, -0.25) is 6.29 Å². The van der Waals surface area contributed by atoms with Crippen LogP contribution in [-0.4, -0.2) is 46.3 Å². The van der Waals surface area contributed by atoms with Crippen LogP contribution in [0.15, 0.2) is 0 Å². The number of hydrogen-bond donors (Lipinski definition) is 0. The van der Waals surface area contributed by atoms with Crippen molar-refractivity contribution in [1.82, 2.24) is 0 Å². The quantitative estimate of drug-likeness (QED) is 0.381. The molecule has 0 radical (unpaired) electrons. The zero-order valence-electron chi connectivity index (χ0n) is 9.60.